The smallest absolute Gasteiger partial charge is 0.129 e. The second-order valence-electron chi connectivity index (χ2n) is 3.64. The van der Waals surface area contributed by atoms with Gasteiger partial charge in [0.15, 0.2) is 0 Å². The van der Waals surface area contributed by atoms with Crippen molar-refractivity contribution >= 4 is 22.0 Å². The number of anilines is 2. The van der Waals surface area contributed by atoms with Crippen LogP contribution in [0.15, 0.2) is 18.5 Å². The number of hydrogen-bond donors (Lipinski definition) is 2. The molecule has 0 aliphatic rings. The molecule has 2 aromatic heterocycles. The number of imidazole rings is 1. The largest absolute Gasteiger partial charge is 0.397 e. The van der Waals surface area contributed by atoms with E-state index in [0.29, 0.717) is 10.6 Å². The van der Waals surface area contributed by atoms with Gasteiger partial charge in [0.05, 0.1) is 10.7 Å². The molecule has 0 aromatic carbocycles. The second-order valence-corrected chi connectivity index (χ2v) is 4.69. The van der Waals surface area contributed by atoms with Crippen molar-refractivity contribution in [3.05, 3.63) is 29.2 Å². The van der Waals surface area contributed by atoms with Gasteiger partial charge < -0.3 is 15.6 Å². The highest BCUT2D eigenvalue weighted by Crippen LogP contribution is 2.27. The van der Waals surface area contributed by atoms with Gasteiger partial charge in [0, 0.05) is 32.4 Å². The van der Waals surface area contributed by atoms with Gasteiger partial charge in [0.2, 0.25) is 0 Å². The summed E-state index contributed by atoms with van der Waals surface area (Å²) in [6.07, 6.45) is 4.54. The van der Waals surface area contributed by atoms with Crippen molar-refractivity contribution < 1.29 is 0 Å². The van der Waals surface area contributed by atoms with E-state index in [4.69, 9.17) is 11.0 Å². The average molecular weight is 247 g/mol. The van der Waals surface area contributed by atoms with Crippen LogP contribution in [0, 0.1) is 11.3 Å². The second kappa shape index (κ2) is 4.89. The summed E-state index contributed by atoms with van der Waals surface area (Å²) in [5.41, 5.74) is 6.21. The number of hydrogen-bond acceptors (Lipinski definition) is 5. The summed E-state index contributed by atoms with van der Waals surface area (Å²) in [6.45, 7) is 0.773. The van der Waals surface area contributed by atoms with Crippen LogP contribution in [0.1, 0.15) is 10.7 Å². The number of rotatable bonds is 4. The third-order valence-electron chi connectivity index (χ3n) is 2.43. The van der Waals surface area contributed by atoms with E-state index in [-0.39, 0.29) is 0 Å². The van der Waals surface area contributed by atoms with Crippen molar-refractivity contribution in [2.45, 2.75) is 6.42 Å². The van der Waals surface area contributed by atoms with Crippen LogP contribution in [0.3, 0.4) is 0 Å². The van der Waals surface area contributed by atoms with Crippen LogP contribution < -0.4 is 11.1 Å². The first-order valence-corrected chi connectivity index (χ1v) is 6.02. The van der Waals surface area contributed by atoms with Gasteiger partial charge in [-0.2, -0.15) is 5.26 Å². The van der Waals surface area contributed by atoms with Crippen LogP contribution in [0.2, 0.25) is 0 Å². The van der Waals surface area contributed by atoms with E-state index in [1.165, 1.54) is 11.3 Å². The van der Waals surface area contributed by atoms with Gasteiger partial charge in [0.1, 0.15) is 16.8 Å². The van der Waals surface area contributed by atoms with E-state index < -0.39 is 0 Å². The van der Waals surface area contributed by atoms with Crippen LogP contribution in [0.5, 0.6) is 0 Å². The Hall–Kier alpha value is -2.00. The van der Waals surface area contributed by atoms with E-state index >= 15 is 0 Å². The molecule has 0 unspecified atom stereocenters. The van der Waals surface area contributed by atoms with Crippen LogP contribution in [0.25, 0.3) is 0 Å². The van der Waals surface area contributed by atoms with Crippen molar-refractivity contribution in [1.82, 2.24) is 9.55 Å². The van der Waals surface area contributed by atoms with Crippen molar-refractivity contribution in [2.75, 3.05) is 17.6 Å². The van der Waals surface area contributed by atoms with Gasteiger partial charge in [0.25, 0.3) is 0 Å². The highest BCUT2D eigenvalue weighted by Gasteiger charge is 2.05. The maximum Gasteiger partial charge on any atom is 0.129 e. The Balaban J connectivity index is 1.90. The maximum atomic E-state index is 8.78. The van der Waals surface area contributed by atoms with Crippen LogP contribution >= 0.6 is 11.3 Å². The summed E-state index contributed by atoms with van der Waals surface area (Å²) < 4.78 is 1.99. The van der Waals surface area contributed by atoms with Crippen LogP contribution in [-0.4, -0.2) is 16.1 Å². The molecule has 0 bridgehead atoms. The molecule has 88 valence electrons. The molecule has 0 fully saturated rings. The Morgan fingerprint density at radius 2 is 2.47 bits per heavy atom. The molecule has 2 rings (SSSR count). The van der Waals surface area contributed by atoms with Gasteiger partial charge in [-0.05, 0) is 6.07 Å². The van der Waals surface area contributed by atoms with Crippen molar-refractivity contribution in [3.63, 3.8) is 0 Å². The standard InChI is InChI=1S/C11H13N5S/c1-16-5-4-14-10(16)2-3-15-11-6-8(13)9(7-12)17-11/h4-6,15H,2-3,13H2,1H3. The molecule has 0 radical (unpaired) electrons. The third-order valence-corrected chi connectivity index (χ3v) is 3.44. The van der Waals surface area contributed by atoms with Crippen molar-refractivity contribution in [3.8, 4) is 6.07 Å². The lowest BCUT2D eigenvalue weighted by atomic mass is 10.4. The quantitative estimate of drug-likeness (QED) is 0.859. The molecule has 2 heterocycles. The fourth-order valence-electron chi connectivity index (χ4n) is 1.51. The molecule has 0 saturated carbocycles. The van der Waals surface area contributed by atoms with E-state index in [2.05, 4.69) is 16.4 Å². The fraction of sp³-hybridized carbons (Fsp3) is 0.273. The molecule has 6 heteroatoms. The van der Waals surface area contributed by atoms with Crippen LogP contribution in [0.4, 0.5) is 10.7 Å². The molecule has 17 heavy (non-hydrogen) atoms. The molecule has 0 spiro atoms. The number of nitrogens with two attached hydrogens (primary N) is 1. The van der Waals surface area contributed by atoms with E-state index in [0.717, 1.165) is 23.8 Å². The molecular weight excluding hydrogens is 234 g/mol. The predicted molar refractivity (Wildman–Crippen MR) is 68.8 cm³/mol. The number of nitrogens with zero attached hydrogens (tertiary/aromatic N) is 3. The van der Waals surface area contributed by atoms with Gasteiger partial charge in [-0.1, -0.05) is 0 Å². The Bertz CT molecular complexity index is 548. The summed E-state index contributed by atoms with van der Waals surface area (Å²) in [7, 11) is 1.97. The lowest BCUT2D eigenvalue weighted by Gasteiger charge is -2.03. The summed E-state index contributed by atoms with van der Waals surface area (Å²) in [5.74, 6) is 1.03. The number of nitrogens with one attached hydrogen (secondary N) is 1. The minimum atomic E-state index is 0.539. The average Bonchev–Trinajstić information content (AvgIpc) is 2.86. The Morgan fingerprint density at radius 1 is 1.65 bits per heavy atom. The highest BCUT2D eigenvalue weighted by molar-refractivity contribution is 7.17. The van der Waals surface area contributed by atoms with E-state index in [1.54, 1.807) is 12.3 Å². The highest BCUT2D eigenvalue weighted by atomic mass is 32.1. The van der Waals surface area contributed by atoms with Crippen molar-refractivity contribution in [2.24, 2.45) is 7.05 Å². The topological polar surface area (TPSA) is 79.7 Å². The molecule has 0 saturated heterocycles. The SMILES string of the molecule is Cn1ccnc1CCNc1cc(N)c(C#N)s1. The number of aryl methyl sites for hydroxylation is 1. The fourth-order valence-corrected chi connectivity index (χ4v) is 2.32. The Kier molecular flexibility index (Phi) is 3.30. The Morgan fingerprint density at radius 3 is 3.06 bits per heavy atom. The first-order valence-electron chi connectivity index (χ1n) is 5.20. The minimum absolute atomic E-state index is 0.539. The molecule has 3 N–H and O–H groups in total. The van der Waals surface area contributed by atoms with Gasteiger partial charge >= 0.3 is 0 Å². The zero-order valence-electron chi connectivity index (χ0n) is 9.47. The maximum absolute atomic E-state index is 8.78. The molecule has 0 amide bonds. The molecule has 2 aromatic rings. The first kappa shape index (κ1) is 11.5. The van der Waals surface area contributed by atoms with Gasteiger partial charge in [-0.3, -0.25) is 0 Å². The predicted octanol–water partition coefficient (Wildman–Crippen LogP) is 1.59. The third kappa shape index (κ3) is 2.57. The Labute approximate surface area is 104 Å². The van der Waals surface area contributed by atoms with Gasteiger partial charge in [-0.25, -0.2) is 4.98 Å². The zero-order chi connectivity index (χ0) is 12.3. The zero-order valence-corrected chi connectivity index (χ0v) is 10.3. The normalized spacial score (nSPS) is 10.1. The lowest BCUT2D eigenvalue weighted by Crippen LogP contribution is -2.07. The molecule has 0 aliphatic carbocycles. The van der Waals surface area contributed by atoms with E-state index in [1.807, 2.05) is 17.8 Å². The molecular formula is C11H13N5S. The summed E-state index contributed by atoms with van der Waals surface area (Å²) in [6, 6.07) is 3.86. The summed E-state index contributed by atoms with van der Waals surface area (Å²) in [5, 5.41) is 12.9. The first-order chi connectivity index (χ1) is 8.20. The summed E-state index contributed by atoms with van der Waals surface area (Å²) in [4.78, 5) is 4.79. The van der Waals surface area contributed by atoms with Crippen LogP contribution in [-0.2, 0) is 13.5 Å². The van der Waals surface area contributed by atoms with Crippen molar-refractivity contribution in [1.29, 1.82) is 5.26 Å². The molecule has 0 aliphatic heterocycles. The number of aromatic nitrogens is 2. The number of nitrogen functional groups attached to an aromatic ring is 1. The minimum Gasteiger partial charge on any atom is -0.397 e. The summed E-state index contributed by atoms with van der Waals surface area (Å²) >= 11 is 1.38. The molecule has 5 nitrogen and oxygen atoms in total. The van der Waals surface area contributed by atoms with Gasteiger partial charge in [-0.15, -0.1) is 11.3 Å². The molecule has 0 atom stereocenters. The number of thiophene rings is 1. The number of nitriles is 1. The lowest BCUT2D eigenvalue weighted by molar-refractivity contribution is 0.790. The monoisotopic (exact) mass is 247 g/mol. The van der Waals surface area contributed by atoms with E-state index in [9.17, 15) is 0 Å².